The Morgan fingerprint density at radius 3 is 2.46 bits per heavy atom. The molecule has 3 aromatic rings. The maximum absolute atomic E-state index is 10.3. The number of nitrogens with zero attached hydrogens (tertiary/aromatic N) is 3. The van der Waals surface area contributed by atoms with E-state index in [1.807, 2.05) is 26.0 Å². The number of thiophene rings is 1. The monoisotopic (exact) mass is 532 g/mol. The average Bonchev–Trinajstić information content (AvgIpc) is 3.53. The van der Waals surface area contributed by atoms with Gasteiger partial charge in [-0.05, 0) is 68.2 Å². The van der Waals surface area contributed by atoms with Crippen LogP contribution in [0.4, 0.5) is 0 Å². The van der Waals surface area contributed by atoms with Gasteiger partial charge in [0.25, 0.3) is 5.89 Å². The van der Waals surface area contributed by atoms with Crippen LogP contribution in [0.25, 0.3) is 22.2 Å². The summed E-state index contributed by atoms with van der Waals surface area (Å²) in [7, 11) is 0. The Labute approximate surface area is 223 Å². The van der Waals surface area contributed by atoms with Crippen molar-refractivity contribution in [3.8, 4) is 27.9 Å². The third-order valence-corrected chi connectivity index (χ3v) is 7.62. The van der Waals surface area contributed by atoms with E-state index < -0.39 is 12.1 Å². The second-order valence-electron chi connectivity index (χ2n) is 9.17. The molecular weight excluding hydrogens is 492 g/mol. The van der Waals surface area contributed by atoms with Gasteiger partial charge in [-0.2, -0.15) is 4.98 Å². The summed E-state index contributed by atoms with van der Waals surface area (Å²) >= 11 is 1.70. The van der Waals surface area contributed by atoms with Gasteiger partial charge in [-0.15, -0.1) is 11.3 Å². The summed E-state index contributed by atoms with van der Waals surface area (Å²) in [6, 6.07) is 5.62. The van der Waals surface area contributed by atoms with Crippen LogP contribution >= 0.6 is 11.3 Å². The van der Waals surface area contributed by atoms with E-state index in [4.69, 9.17) is 24.5 Å². The van der Waals surface area contributed by atoms with E-state index >= 15 is 0 Å². The predicted molar refractivity (Wildman–Crippen MR) is 146 cm³/mol. The summed E-state index contributed by atoms with van der Waals surface area (Å²) < 4.78 is 11.6. The molecule has 0 aliphatic rings. The van der Waals surface area contributed by atoms with Crippen LogP contribution in [0.3, 0.4) is 0 Å². The lowest BCUT2D eigenvalue weighted by Gasteiger charge is -2.19. The molecule has 10 heteroatoms. The van der Waals surface area contributed by atoms with Crippen LogP contribution < -0.4 is 10.1 Å². The second-order valence-corrected chi connectivity index (χ2v) is 10.3. The topological polar surface area (TPSA) is 124 Å². The summed E-state index contributed by atoms with van der Waals surface area (Å²) in [6.07, 6.45) is -0.0519. The van der Waals surface area contributed by atoms with Crippen molar-refractivity contribution in [2.75, 3.05) is 39.5 Å². The quantitative estimate of drug-likeness (QED) is 0.234. The Morgan fingerprint density at radius 1 is 1.08 bits per heavy atom. The van der Waals surface area contributed by atoms with Gasteiger partial charge >= 0.3 is 0 Å². The third-order valence-electron chi connectivity index (χ3n) is 6.41. The highest BCUT2D eigenvalue weighted by Crippen LogP contribution is 2.34. The minimum absolute atomic E-state index is 0.0870. The molecule has 3 rings (SSSR count). The van der Waals surface area contributed by atoms with E-state index in [0.29, 0.717) is 11.7 Å². The van der Waals surface area contributed by atoms with Crippen LogP contribution in [0, 0.1) is 13.8 Å². The van der Waals surface area contributed by atoms with Gasteiger partial charge in [-0.25, -0.2) is 0 Å². The molecule has 0 fully saturated rings. The normalized spacial score (nSPS) is 12.6. The molecule has 4 N–H and O–H groups in total. The molecule has 9 nitrogen and oxygen atoms in total. The first-order valence-corrected chi connectivity index (χ1v) is 13.7. The van der Waals surface area contributed by atoms with Gasteiger partial charge in [0.15, 0.2) is 0 Å². The lowest BCUT2D eigenvalue weighted by atomic mass is 10.0. The Balaban J connectivity index is 1.73. The largest absolute Gasteiger partial charge is 0.490 e. The Bertz CT molecular complexity index is 1120. The van der Waals surface area contributed by atoms with Gasteiger partial charge in [0.05, 0.1) is 24.1 Å². The average molecular weight is 533 g/mol. The molecule has 0 spiro atoms. The van der Waals surface area contributed by atoms with E-state index in [2.05, 4.69) is 42.2 Å². The van der Waals surface area contributed by atoms with Crippen LogP contribution in [-0.2, 0) is 13.0 Å². The number of benzene rings is 1. The van der Waals surface area contributed by atoms with E-state index in [1.165, 1.54) is 10.4 Å². The van der Waals surface area contributed by atoms with E-state index in [9.17, 15) is 5.11 Å². The van der Waals surface area contributed by atoms with E-state index in [-0.39, 0.29) is 26.4 Å². The van der Waals surface area contributed by atoms with Crippen LogP contribution in [0.5, 0.6) is 5.75 Å². The fourth-order valence-corrected chi connectivity index (χ4v) is 5.18. The molecule has 0 unspecified atom stereocenters. The Kier molecular flexibility index (Phi) is 11.0. The van der Waals surface area contributed by atoms with Crippen molar-refractivity contribution in [1.82, 2.24) is 20.4 Å². The molecule has 0 aliphatic heterocycles. The number of rotatable bonds is 15. The molecule has 0 radical (unpaired) electrons. The Hall–Kier alpha value is -2.34. The number of hydrogen-bond donors (Lipinski definition) is 4. The van der Waals surface area contributed by atoms with Gasteiger partial charge in [-0.1, -0.05) is 25.9 Å². The van der Waals surface area contributed by atoms with Crippen molar-refractivity contribution in [3.05, 3.63) is 39.8 Å². The molecule has 2 aromatic heterocycles. The van der Waals surface area contributed by atoms with Crippen LogP contribution in [0.1, 0.15) is 42.3 Å². The maximum Gasteiger partial charge on any atom is 0.268 e. The SMILES string of the molecule is CCc1cc(-c2noc(-c3cc(C)c(CN(CC)CC)s3)n2)cc(C)c1OC[C@@H](O)CNC(CO)CO. The number of ether oxygens (including phenoxy) is 1. The summed E-state index contributed by atoms with van der Waals surface area (Å²) in [5.74, 6) is 1.77. The van der Waals surface area contributed by atoms with E-state index in [1.54, 1.807) is 11.3 Å². The van der Waals surface area contributed by atoms with E-state index in [0.717, 1.165) is 53.4 Å². The summed E-state index contributed by atoms with van der Waals surface area (Å²) in [5.41, 5.74) is 3.98. The fraction of sp³-hybridized carbons (Fsp3) is 0.556. The molecule has 2 heterocycles. The van der Waals surface area contributed by atoms with Crippen molar-refractivity contribution in [2.45, 2.75) is 59.7 Å². The highest BCUT2D eigenvalue weighted by Gasteiger charge is 2.19. The first kappa shape index (κ1) is 29.2. The highest BCUT2D eigenvalue weighted by molar-refractivity contribution is 7.15. The minimum atomic E-state index is -0.787. The zero-order valence-corrected chi connectivity index (χ0v) is 23.3. The van der Waals surface area contributed by atoms with Gasteiger partial charge in [0.1, 0.15) is 18.5 Å². The van der Waals surface area contributed by atoms with Crippen molar-refractivity contribution >= 4 is 11.3 Å². The highest BCUT2D eigenvalue weighted by atomic mass is 32.1. The predicted octanol–water partition coefficient (Wildman–Crippen LogP) is 3.17. The third kappa shape index (κ3) is 7.59. The number of hydrogen-bond acceptors (Lipinski definition) is 10. The van der Waals surface area contributed by atoms with Gasteiger partial charge in [0, 0.05) is 23.5 Å². The number of aromatic nitrogens is 2. The maximum atomic E-state index is 10.3. The van der Waals surface area contributed by atoms with Gasteiger partial charge < -0.3 is 29.9 Å². The molecule has 0 aliphatic carbocycles. The summed E-state index contributed by atoms with van der Waals surface area (Å²) in [5, 5.41) is 35.7. The summed E-state index contributed by atoms with van der Waals surface area (Å²) in [6.45, 7) is 13.3. The fourth-order valence-electron chi connectivity index (χ4n) is 4.05. The molecule has 1 aromatic carbocycles. The van der Waals surface area contributed by atoms with Crippen molar-refractivity contribution in [3.63, 3.8) is 0 Å². The number of aliphatic hydroxyl groups excluding tert-OH is 3. The first-order valence-electron chi connectivity index (χ1n) is 12.9. The number of aryl methyl sites for hydroxylation is 3. The molecule has 0 amide bonds. The minimum Gasteiger partial charge on any atom is -0.490 e. The van der Waals surface area contributed by atoms with Crippen LogP contribution in [-0.4, -0.2) is 82.0 Å². The van der Waals surface area contributed by atoms with Crippen LogP contribution in [0.2, 0.25) is 0 Å². The lowest BCUT2D eigenvalue weighted by molar-refractivity contribution is 0.0923. The van der Waals surface area contributed by atoms with Crippen LogP contribution in [0.15, 0.2) is 22.7 Å². The van der Waals surface area contributed by atoms with Gasteiger partial charge in [0.2, 0.25) is 5.82 Å². The Morgan fingerprint density at radius 2 is 1.81 bits per heavy atom. The smallest absolute Gasteiger partial charge is 0.268 e. The molecule has 0 bridgehead atoms. The first-order chi connectivity index (χ1) is 17.8. The van der Waals surface area contributed by atoms with Crippen molar-refractivity contribution in [1.29, 1.82) is 0 Å². The molecule has 37 heavy (non-hydrogen) atoms. The van der Waals surface area contributed by atoms with Gasteiger partial charge in [-0.3, -0.25) is 4.90 Å². The second kappa shape index (κ2) is 14.0. The number of nitrogens with one attached hydrogen (secondary N) is 1. The molecule has 0 saturated carbocycles. The molecule has 0 saturated heterocycles. The van der Waals surface area contributed by atoms with Crippen molar-refractivity contribution in [2.24, 2.45) is 0 Å². The zero-order chi connectivity index (χ0) is 26.9. The molecule has 1 atom stereocenters. The zero-order valence-electron chi connectivity index (χ0n) is 22.5. The van der Waals surface area contributed by atoms with Crippen molar-refractivity contribution < 1.29 is 24.6 Å². The standard InChI is InChI=1S/C27H40N4O5S/c1-6-19-11-20(9-18(5)25(19)35-16-22(34)12-28-21(14-32)15-33)26-29-27(36-30-26)23-10-17(4)24(37-23)13-31(7-2)8-3/h9-11,21-22,28,32-34H,6-8,12-16H2,1-5H3/t22-/m0/s1. The number of aliphatic hydroxyl groups is 3. The molecular formula is C27H40N4O5S. The molecule has 204 valence electrons. The summed E-state index contributed by atoms with van der Waals surface area (Å²) in [4.78, 5) is 9.36. The lowest BCUT2D eigenvalue weighted by Crippen LogP contribution is -2.42.